The molecule has 2 aromatic rings. The zero-order chi connectivity index (χ0) is 15.7. The lowest BCUT2D eigenvalue weighted by atomic mass is 9.95. The van der Waals surface area contributed by atoms with Gasteiger partial charge in [0.2, 0.25) is 0 Å². The maximum absolute atomic E-state index is 13.0. The van der Waals surface area contributed by atoms with Crippen LogP contribution in [-0.4, -0.2) is 6.54 Å². The Labute approximate surface area is 127 Å². The van der Waals surface area contributed by atoms with Crippen LogP contribution in [0, 0.1) is 0 Å². The lowest BCUT2D eigenvalue weighted by Gasteiger charge is -2.35. The summed E-state index contributed by atoms with van der Waals surface area (Å²) in [7, 11) is 0. The summed E-state index contributed by atoms with van der Waals surface area (Å²) < 4.78 is 38.9. The molecular formula is C17H17F3N2. The summed E-state index contributed by atoms with van der Waals surface area (Å²) in [5.41, 5.74) is 7.88. The molecule has 0 amide bonds. The number of nitrogens with zero attached hydrogens (tertiary/aromatic N) is 1. The highest BCUT2D eigenvalue weighted by atomic mass is 19.4. The van der Waals surface area contributed by atoms with Crippen LogP contribution in [-0.2, 0) is 12.7 Å². The van der Waals surface area contributed by atoms with Crippen molar-refractivity contribution in [2.75, 3.05) is 11.4 Å². The van der Waals surface area contributed by atoms with Gasteiger partial charge in [-0.05, 0) is 29.7 Å². The number of benzene rings is 2. The summed E-state index contributed by atoms with van der Waals surface area (Å²) in [5, 5.41) is 0. The molecule has 0 fully saturated rings. The van der Waals surface area contributed by atoms with Crippen molar-refractivity contribution in [1.82, 2.24) is 0 Å². The van der Waals surface area contributed by atoms with E-state index >= 15 is 0 Å². The first-order valence-corrected chi connectivity index (χ1v) is 7.21. The van der Waals surface area contributed by atoms with Gasteiger partial charge < -0.3 is 10.6 Å². The zero-order valence-corrected chi connectivity index (χ0v) is 12.0. The van der Waals surface area contributed by atoms with Gasteiger partial charge in [0.15, 0.2) is 0 Å². The summed E-state index contributed by atoms with van der Waals surface area (Å²) in [6.07, 6.45) is -3.60. The van der Waals surface area contributed by atoms with Crippen LogP contribution in [0.25, 0.3) is 0 Å². The molecule has 2 N–H and O–H groups in total. The standard InChI is InChI=1S/C17H17F3N2/c18-17(19,20)13-6-7-14-15(21)8-9-22(16(14)10-13)11-12-4-2-1-3-5-12/h1-7,10,15H,8-9,11,21H2. The second-order valence-corrected chi connectivity index (χ2v) is 5.57. The summed E-state index contributed by atoms with van der Waals surface area (Å²) in [4.78, 5) is 1.98. The number of hydrogen-bond donors (Lipinski definition) is 1. The second-order valence-electron chi connectivity index (χ2n) is 5.57. The van der Waals surface area contributed by atoms with Crippen molar-refractivity contribution in [2.45, 2.75) is 25.2 Å². The molecule has 1 aliphatic rings. The summed E-state index contributed by atoms with van der Waals surface area (Å²) >= 11 is 0. The van der Waals surface area contributed by atoms with E-state index in [0.717, 1.165) is 23.6 Å². The Morgan fingerprint density at radius 2 is 1.82 bits per heavy atom. The van der Waals surface area contributed by atoms with E-state index in [9.17, 15) is 13.2 Å². The molecule has 1 unspecified atom stereocenters. The average Bonchev–Trinajstić information content (AvgIpc) is 2.50. The number of hydrogen-bond acceptors (Lipinski definition) is 2. The van der Waals surface area contributed by atoms with Crippen molar-refractivity contribution in [3.05, 3.63) is 65.2 Å². The first-order valence-electron chi connectivity index (χ1n) is 7.21. The van der Waals surface area contributed by atoms with Crippen molar-refractivity contribution in [3.63, 3.8) is 0 Å². The Balaban J connectivity index is 1.97. The summed E-state index contributed by atoms with van der Waals surface area (Å²) in [6, 6.07) is 13.4. The van der Waals surface area contributed by atoms with Crippen molar-refractivity contribution in [2.24, 2.45) is 5.73 Å². The summed E-state index contributed by atoms with van der Waals surface area (Å²) in [6.45, 7) is 1.24. The largest absolute Gasteiger partial charge is 0.416 e. The number of rotatable bonds is 2. The van der Waals surface area contributed by atoms with E-state index in [0.29, 0.717) is 18.8 Å². The molecule has 3 rings (SSSR count). The minimum atomic E-state index is -4.34. The van der Waals surface area contributed by atoms with Gasteiger partial charge in [0.05, 0.1) is 5.56 Å². The molecular weight excluding hydrogens is 289 g/mol. The normalized spacial score (nSPS) is 18.2. The Kier molecular flexibility index (Phi) is 3.83. The first-order chi connectivity index (χ1) is 10.4. The quantitative estimate of drug-likeness (QED) is 0.904. The molecule has 0 saturated carbocycles. The number of halogens is 3. The molecule has 0 saturated heterocycles. The highest BCUT2D eigenvalue weighted by Gasteiger charge is 2.33. The van der Waals surface area contributed by atoms with Gasteiger partial charge in [0.25, 0.3) is 0 Å². The number of alkyl halides is 3. The molecule has 0 radical (unpaired) electrons. The zero-order valence-electron chi connectivity index (χ0n) is 12.0. The van der Waals surface area contributed by atoms with E-state index in [1.165, 1.54) is 12.1 Å². The maximum atomic E-state index is 13.0. The predicted molar refractivity (Wildman–Crippen MR) is 80.5 cm³/mol. The molecule has 5 heteroatoms. The Bertz CT molecular complexity index is 653. The molecule has 22 heavy (non-hydrogen) atoms. The molecule has 0 aliphatic carbocycles. The van der Waals surface area contributed by atoms with Gasteiger partial charge in [0.1, 0.15) is 0 Å². The van der Waals surface area contributed by atoms with E-state index in [1.54, 1.807) is 0 Å². The van der Waals surface area contributed by atoms with Crippen LogP contribution in [0.5, 0.6) is 0 Å². The van der Waals surface area contributed by atoms with Gasteiger partial charge in [-0.3, -0.25) is 0 Å². The van der Waals surface area contributed by atoms with Crippen molar-refractivity contribution in [3.8, 4) is 0 Å². The molecule has 1 heterocycles. The Morgan fingerprint density at radius 1 is 1.09 bits per heavy atom. The van der Waals surface area contributed by atoms with E-state index in [2.05, 4.69) is 0 Å². The smallest absolute Gasteiger partial charge is 0.367 e. The third-order valence-corrected chi connectivity index (χ3v) is 4.02. The Morgan fingerprint density at radius 3 is 2.50 bits per heavy atom. The van der Waals surface area contributed by atoms with E-state index in [1.807, 2.05) is 35.2 Å². The second kappa shape index (κ2) is 5.65. The van der Waals surface area contributed by atoms with Crippen LogP contribution in [0.2, 0.25) is 0 Å². The number of nitrogens with two attached hydrogens (primary N) is 1. The first kappa shape index (κ1) is 14.9. The number of fused-ring (bicyclic) bond motifs is 1. The van der Waals surface area contributed by atoms with Crippen LogP contribution in [0.3, 0.4) is 0 Å². The highest BCUT2D eigenvalue weighted by Crippen LogP contribution is 2.38. The van der Waals surface area contributed by atoms with Gasteiger partial charge in [-0.2, -0.15) is 13.2 Å². The van der Waals surface area contributed by atoms with E-state index < -0.39 is 11.7 Å². The van der Waals surface area contributed by atoms with Crippen LogP contribution in [0.4, 0.5) is 18.9 Å². The van der Waals surface area contributed by atoms with Gasteiger partial charge in [-0.25, -0.2) is 0 Å². The van der Waals surface area contributed by atoms with Crippen LogP contribution < -0.4 is 10.6 Å². The van der Waals surface area contributed by atoms with Gasteiger partial charge in [-0.15, -0.1) is 0 Å². The third kappa shape index (κ3) is 2.95. The maximum Gasteiger partial charge on any atom is 0.416 e. The van der Waals surface area contributed by atoms with Crippen LogP contribution >= 0.6 is 0 Å². The van der Waals surface area contributed by atoms with Gasteiger partial charge >= 0.3 is 6.18 Å². The average molecular weight is 306 g/mol. The topological polar surface area (TPSA) is 29.3 Å². The molecule has 116 valence electrons. The van der Waals surface area contributed by atoms with Gasteiger partial charge in [0, 0.05) is 24.8 Å². The van der Waals surface area contributed by atoms with Crippen molar-refractivity contribution in [1.29, 1.82) is 0 Å². The van der Waals surface area contributed by atoms with E-state index in [4.69, 9.17) is 5.73 Å². The van der Waals surface area contributed by atoms with Crippen LogP contribution in [0.1, 0.15) is 29.2 Å². The molecule has 0 aromatic heterocycles. The predicted octanol–water partition coefficient (Wildman–Crippen LogP) is 4.12. The third-order valence-electron chi connectivity index (χ3n) is 4.02. The molecule has 0 bridgehead atoms. The fraction of sp³-hybridized carbons (Fsp3) is 0.294. The highest BCUT2D eigenvalue weighted by molar-refractivity contribution is 5.59. The van der Waals surface area contributed by atoms with Crippen LogP contribution in [0.15, 0.2) is 48.5 Å². The lowest BCUT2D eigenvalue weighted by Crippen LogP contribution is -2.33. The lowest BCUT2D eigenvalue weighted by molar-refractivity contribution is -0.137. The van der Waals surface area contributed by atoms with E-state index in [-0.39, 0.29) is 6.04 Å². The molecule has 0 spiro atoms. The molecule has 1 aliphatic heterocycles. The monoisotopic (exact) mass is 306 g/mol. The fourth-order valence-electron chi connectivity index (χ4n) is 2.85. The SMILES string of the molecule is NC1CCN(Cc2ccccc2)c2cc(C(F)(F)F)ccc21. The number of anilines is 1. The molecule has 2 nitrogen and oxygen atoms in total. The minimum Gasteiger partial charge on any atom is -0.367 e. The van der Waals surface area contributed by atoms with Crippen molar-refractivity contribution < 1.29 is 13.2 Å². The molecule has 2 aromatic carbocycles. The van der Waals surface area contributed by atoms with Gasteiger partial charge in [-0.1, -0.05) is 36.4 Å². The summed E-state index contributed by atoms with van der Waals surface area (Å²) in [5.74, 6) is 0. The van der Waals surface area contributed by atoms with Crippen molar-refractivity contribution >= 4 is 5.69 Å². The minimum absolute atomic E-state index is 0.204. The fourth-order valence-corrected chi connectivity index (χ4v) is 2.85. The Hall–Kier alpha value is -2.01. The molecule has 1 atom stereocenters.